The number of carbonyl (C=O) groups is 1. The second-order valence-corrected chi connectivity index (χ2v) is 9.06. The molecule has 0 aliphatic carbocycles. The first-order valence-electron chi connectivity index (χ1n) is 12.3. The van der Waals surface area contributed by atoms with Crippen LogP contribution in [0.1, 0.15) is 6.92 Å². The van der Waals surface area contributed by atoms with Gasteiger partial charge >= 0.3 is 0 Å². The lowest BCUT2D eigenvalue weighted by atomic mass is 10.0. The van der Waals surface area contributed by atoms with Gasteiger partial charge in [0.15, 0.2) is 5.82 Å². The minimum Gasteiger partial charge on any atom is -0.369 e. The number of hydrogen-bond donors (Lipinski definition) is 2. The van der Waals surface area contributed by atoms with E-state index in [9.17, 15) is 4.79 Å². The highest BCUT2D eigenvalue weighted by Gasteiger charge is 2.16. The largest absolute Gasteiger partial charge is 0.369 e. The molecule has 0 bridgehead atoms. The standard InChI is InChI=1S/C29H29FN6O/c1-3-6-26(37)33-25-10-5-8-23(27(25)30)24-9-4-7-20-19-31-29(34-28(20)24)32-21-11-13-22(14-12-21)36-17-15-35(2)16-18-36/h3-14,19H,15-18H2,1-2H3,(H,33,37)(H,31,32,34)/b6-3+. The summed E-state index contributed by atoms with van der Waals surface area (Å²) >= 11 is 0. The second kappa shape index (κ2) is 10.8. The molecule has 0 spiro atoms. The number of para-hydroxylation sites is 1. The van der Waals surface area contributed by atoms with E-state index in [4.69, 9.17) is 4.98 Å². The summed E-state index contributed by atoms with van der Waals surface area (Å²) in [6.45, 7) is 5.86. The number of anilines is 4. The number of aromatic nitrogens is 2. The normalized spacial score (nSPS) is 14.3. The average molecular weight is 497 g/mol. The first-order valence-corrected chi connectivity index (χ1v) is 12.3. The molecule has 0 radical (unpaired) electrons. The number of amides is 1. The Bertz CT molecular complexity index is 1450. The lowest BCUT2D eigenvalue weighted by Crippen LogP contribution is -2.44. The zero-order chi connectivity index (χ0) is 25.8. The van der Waals surface area contributed by atoms with Gasteiger partial charge in [0, 0.05) is 60.3 Å². The lowest BCUT2D eigenvalue weighted by molar-refractivity contribution is -0.111. The Morgan fingerprint density at radius 1 is 0.973 bits per heavy atom. The molecule has 8 heteroatoms. The number of likely N-dealkylation sites (N-methyl/N-ethyl adjacent to an activating group) is 1. The number of nitrogens with one attached hydrogen (secondary N) is 2. The molecule has 1 aliphatic heterocycles. The van der Waals surface area contributed by atoms with Gasteiger partial charge in [-0.25, -0.2) is 14.4 Å². The van der Waals surface area contributed by atoms with E-state index in [1.165, 1.54) is 11.8 Å². The summed E-state index contributed by atoms with van der Waals surface area (Å²) in [5, 5.41) is 6.65. The Hall–Kier alpha value is -4.30. The van der Waals surface area contributed by atoms with Crippen LogP contribution in [0.5, 0.6) is 0 Å². The fraction of sp³-hybridized carbons (Fsp3) is 0.207. The van der Waals surface area contributed by atoms with Crippen molar-refractivity contribution in [1.82, 2.24) is 14.9 Å². The molecule has 1 amide bonds. The molecular weight excluding hydrogens is 467 g/mol. The Morgan fingerprint density at radius 2 is 1.70 bits per heavy atom. The van der Waals surface area contributed by atoms with Crippen molar-refractivity contribution in [3.63, 3.8) is 0 Å². The molecule has 2 N–H and O–H groups in total. The van der Waals surface area contributed by atoms with Crippen molar-refractivity contribution in [2.75, 3.05) is 48.8 Å². The van der Waals surface area contributed by atoms with Crippen LogP contribution in [0.25, 0.3) is 22.0 Å². The van der Waals surface area contributed by atoms with E-state index in [0.29, 0.717) is 22.6 Å². The van der Waals surface area contributed by atoms with Crippen LogP contribution in [0.2, 0.25) is 0 Å². The number of carbonyl (C=O) groups excluding carboxylic acids is 1. The average Bonchev–Trinajstić information content (AvgIpc) is 2.91. The molecule has 0 atom stereocenters. The number of allylic oxidation sites excluding steroid dienone is 1. The van der Waals surface area contributed by atoms with Crippen LogP contribution in [0, 0.1) is 5.82 Å². The van der Waals surface area contributed by atoms with Crippen LogP contribution in [0.4, 0.5) is 27.4 Å². The second-order valence-electron chi connectivity index (χ2n) is 9.06. The summed E-state index contributed by atoms with van der Waals surface area (Å²) < 4.78 is 15.4. The summed E-state index contributed by atoms with van der Waals surface area (Å²) in [4.78, 5) is 25.9. The van der Waals surface area contributed by atoms with Gasteiger partial charge in [-0.1, -0.05) is 36.4 Å². The zero-order valence-corrected chi connectivity index (χ0v) is 20.9. The maximum absolute atomic E-state index is 15.4. The van der Waals surface area contributed by atoms with E-state index < -0.39 is 5.82 Å². The fourth-order valence-electron chi connectivity index (χ4n) is 4.44. The molecule has 188 valence electrons. The summed E-state index contributed by atoms with van der Waals surface area (Å²) in [5.74, 6) is -0.477. The van der Waals surface area contributed by atoms with Gasteiger partial charge in [-0.3, -0.25) is 4.79 Å². The zero-order valence-electron chi connectivity index (χ0n) is 20.9. The quantitative estimate of drug-likeness (QED) is 0.346. The highest BCUT2D eigenvalue weighted by Crippen LogP contribution is 2.33. The van der Waals surface area contributed by atoms with E-state index >= 15 is 4.39 Å². The van der Waals surface area contributed by atoms with Crippen molar-refractivity contribution >= 4 is 39.8 Å². The van der Waals surface area contributed by atoms with Gasteiger partial charge in [0.25, 0.3) is 0 Å². The number of halogens is 1. The number of rotatable bonds is 6. The summed E-state index contributed by atoms with van der Waals surface area (Å²) in [5.41, 5.74) is 3.76. The van der Waals surface area contributed by atoms with Crippen molar-refractivity contribution in [1.29, 1.82) is 0 Å². The highest BCUT2D eigenvalue weighted by molar-refractivity contribution is 6.00. The first-order chi connectivity index (χ1) is 18.0. The van der Waals surface area contributed by atoms with E-state index in [1.807, 2.05) is 30.3 Å². The molecule has 3 aromatic carbocycles. The minimum atomic E-state index is -0.513. The summed E-state index contributed by atoms with van der Waals surface area (Å²) in [7, 11) is 2.15. The minimum absolute atomic E-state index is 0.116. The van der Waals surface area contributed by atoms with Crippen molar-refractivity contribution in [2.45, 2.75) is 6.92 Å². The van der Waals surface area contributed by atoms with Gasteiger partial charge in [0.1, 0.15) is 0 Å². The van der Waals surface area contributed by atoms with Crippen LogP contribution in [0.3, 0.4) is 0 Å². The van der Waals surface area contributed by atoms with Crippen LogP contribution in [-0.4, -0.2) is 54.0 Å². The molecule has 1 fully saturated rings. The third-order valence-electron chi connectivity index (χ3n) is 6.47. The van der Waals surface area contributed by atoms with Crippen molar-refractivity contribution in [3.8, 4) is 11.1 Å². The lowest BCUT2D eigenvalue weighted by Gasteiger charge is -2.34. The van der Waals surface area contributed by atoms with Gasteiger partial charge in [0.2, 0.25) is 11.9 Å². The van der Waals surface area contributed by atoms with Crippen LogP contribution < -0.4 is 15.5 Å². The highest BCUT2D eigenvalue weighted by atomic mass is 19.1. The van der Waals surface area contributed by atoms with E-state index in [0.717, 1.165) is 37.3 Å². The topological polar surface area (TPSA) is 73.4 Å². The monoisotopic (exact) mass is 496 g/mol. The van der Waals surface area contributed by atoms with Crippen molar-refractivity contribution < 1.29 is 9.18 Å². The van der Waals surface area contributed by atoms with Gasteiger partial charge in [0.05, 0.1) is 11.2 Å². The maximum atomic E-state index is 15.4. The molecule has 4 aromatic rings. The number of piperazine rings is 1. The molecule has 7 nitrogen and oxygen atoms in total. The summed E-state index contributed by atoms with van der Waals surface area (Å²) in [6.07, 6.45) is 4.68. The maximum Gasteiger partial charge on any atom is 0.248 e. The molecule has 1 aromatic heterocycles. The summed E-state index contributed by atoms with van der Waals surface area (Å²) in [6, 6.07) is 18.7. The molecule has 37 heavy (non-hydrogen) atoms. The van der Waals surface area contributed by atoms with Crippen LogP contribution in [-0.2, 0) is 4.79 Å². The van der Waals surface area contributed by atoms with Crippen LogP contribution in [0.15, 0.2) is 79.0 Å². The molecule has 0 unspecified atom stereocenters. The number of hydrogen-bond acceptors (Lipinski definition) is 6. The Labute approximate surface area is 215 Å². The third-order valence-corrected chi connectivity index (χ3v) is 6.47. The van der Waals surface area contributed by atoms with Crippen LogP contribution >= 0.6 is 0 Å². The first kappa shape index (κ1) is 24.4. The molecule has 5 rings (SSSR count). The molecule has 1 aliphatic rings. The fourth-order valence-corrected chi connectivity index (χ4v) is 4.44. The van der Waals surface area contributed by atoms with E-state index in [1.54, 1.807) is 37.4 Å². The van der Waals surface area contributed by atoms with Crippen molar-refractivity contribution in [2.24, 2.45) is 0 Å². The number of benzene rings is 3. The number of fused-ring (bicyclic) bond motifs is 1. The smallest absolute Gasteiger partial charge is 0.248 e. The Kier molecular flexibility index (Phi) is 7.09. The Balaban J connectivity index is 1.41. The van der Waals surface area contributed by atoms with E-state index in [2.05, 4.69) is 44.6 Å². The molecule has 0 saturated carbocycles. The van der Waals surface area contributed by atoms with Gasteiger partial charge in [-0.2, -0.15) is 0 Å². The van der Waals surface area contributed by atoms with Gasteiger partial charge < -0.3 is 20.4 Å². The van der Waals surface area contributed by atoms with E-state index in [-0.39, 0.29) is 11.6 Å². The van der Waals surface area contributed by atoms with Gasteiger partial charge in [-0.15, -0.1) is 0 Å². The molecule has 2 heterocycles. The predicted octanol–water partition coefficient (Wildman–Crippen LogP) is 5.45. The Morgan fingerprint density at radius 3 is 2.46 bits per heavy atom. The third kappa shape index (κ3) is 5.44. The molecular formula is C29H29FN6O. The van der Waals surface area contributed by atoms with Crippen molar-refractivity contribution in [3.05, 3.63) is 84.8 Å². The number of nitrogens with zero attached hydrogens (tertiary/aromatic N) is 4. The van der Waals surface area contributed by atoms with Gasteiger partial charge in [-0.05, 0) is 50.4 Å². The predicted molar refractivity (Wildman–Crippen MR) is 148 cm³/mol. The SMILES string of the molecule is C/C=C/C(=O)Nc1cccc(-c2cccc3cnc(Nc4ccc(N5CCN(C)CC5)cc4)nc23)c1F. The molecule has 1 saturated heterocycles.